The van der Waals surface area contributed by atoms with Crippen LogP contribution >= 0.6 is 22.9 Å². The summed E-state index contributed by atoms with van der Waals surface area (Å²) >= 11 is 7.27. The second-order valence-electron chi connectivity index (χ2n) is 7.86. The maximum Gasteiger partial charge on any atom is 0.253 e. The van der Waals surface area contributed by atoms with E-state index < -0.39 is 21.8 Å². The monoisotopic (exact) mass is 543 g/mol. The molecule has 1 aliphatic heterocycles. The van der Waals surface area contributed by atoms with Crippen molar-refractivity contribution in [2.24, 2.45) is 4.99 Å². The van der Waals surface area contributed by atoms with Gasteiger partial charge in [0.15, 0.2) is 5.13 Å². The molecule has 0 unspecified atom stereocenters. The van der Waals surface area contributed by atoms with Crippen LogP contribution in [0.4, 0.5) is 5.13 Å². The van der Waals surface area contributed by atoms with Gasteiger partial charge in [-0.05, 0) is 35.8 Å². The van der Waals surface area contributed by atoms with Crippen molar-refractivity contribution in [1.82, 2.24) is 14.3 Å². The number of hydrogen-bond donors (Lipinski definition) is 2. The smallest absolute Gasteiger partial charge is 0.253 e. The topological polar surface area (TPSA) is 123 Å². The molecule has 0 saturated carbocycles. The van der Waals surface area contributed by atoms with Gasteiger partial charge in [0.1, 0.15) is 5.17 Å². The van der Waals surface area contributed by atoms with Gasteiger partial charge in [-0.1, -0.05) is 35.9 Å². The van der Waals surface area contributed by atoms with Gasteiger partial charge >= 0.3 is 0 Å². The first-order chi connectivity index (χ1) is 17.2. The lowest BCUT2D eigenvalue weighted by molar-refractivity contribution is -0.115. The molecule has 186 valence electrons. The maximum absolute atomic E-state index is 12.3. The van der Waals surface area contributed by atoms with E-state index in [9.17, 15) is 18.0 Å². The molecule has 0 radical (unpaired) electrons. The molecule has 0 spiro atoms. The summed E-state index contributed by atoms with van der Waals surface area (Å²) in [5, 5.41) is 7.95. The molecule has 3 heterocycles. The Hall–Kier alpha value is -3.54. The summed E-state index contributed by atoms with van der Waals surface area (Å²) in [6.07, 6.45) is 10.7. The largest absolute Gasteiger partial charge is 0.343 e. The van der Waals surface area contributed by atoms with Gasteiger partial charge in [0.2, 0.25) is 15.9 Å². The van der Waals surface area contributed by atoms with E-state index in [4.69, 9.17) is 11.6 Å². The number of nitrogens with one attached hydrogen (secondary N) is 2. The lowest BCUT2D eigenvalue weighted by atomic mass is 10.0. The SMILES string of the molecule is CS(=O)(=O)n1ccc(C(=O)NCC(=O)Nc2nc(-c3cccc(C4=CCCC(Cl)=NC=C4)c3)cs2)c1. The molecule has 3 aromatic rings. The Kier molecular flexibility index (Phi) is 7.82. The normalized spacial score (nSPS) is 13.8. The fourth-order valence-corrected chi connectivity index (χ4v) is 4.85. The van der Waals surface area contributed by atoms with Crippen LogP contribution in [0, 0.1) is 0 Å². The summed E-state index contributed by atoms with van der Waals surface area (Å²) in [6, 6.07) is 9.27. The van der Waals surface area contributed by atoms with Gasteiger partial charge in [0, 0.05) is 36.0 Å². The first-order valence-corrected chi connectivity index (χ1v) is 13.9. The maximum atomic E-state index is 12.3. The number of halogens is 1. The Balaban J connectivity index is 1.37. The molecule has 2 N–H and O–H groups in total. The zero-order chi connectivity index (χ0) is 25.7. The summed E-state index contributed by atoms with van der Waals surface area (Å²) in [4.78, 5) is 33.2. The van der Waals surface area contributed by atoms with Crippen LogP contribution in [-0.4, -0.2) is 47.2 Å². The number of carbonyl (C=O) groups excluding carboxylic acids is 2. The van der Waals surface area contributed by atoms with E-state index in [0.717, 1.165) is 33.3 Å². The van der Waals surface area contributed by atoms with Gasteiger partial charge in [-0.15, -0.1) is 11.3 Å². The third kappa shape index (κ3) is 6.56. The van der Waals surface area contributed by atoms with Crippen LogP contribution in [0.3, 0.4) is 0 Å². The van der Waals surface area contributed by atoms with Crippen molar-refractivity contribution in [2.75, 3.05) is 18.1 Å². The summed E-state index contributed by atoms with van der Waals surface area (Å²) < 4.78 is 24.0. The highest BCUT2D eigenvalue weighted by Crippen LogP contribution is 2.28. The van der Waals surface area contributed by atoms with Crippen LogP contribution in [0.25, 0.3) is 16.8 Å². The number of aliphatic imine (C=N–C) groups is 1. The Morgan fingerprint density at radius 1 is 1.22 bits per heavy atom. The van der Waals surface area contributed by atoms with E-state index in [-0.39, 0.29) is 12.1 Å². The molecule has 0 atom stereocenters. The summed E-state index contributed by atoms with van der Waals surface area (Å²) in [5.41, 5.74) is 3.79. The second kappa shape index (κ2) is 11.0. The minimum absolute atomic E-state index is 0.133. The zero-order valence-corrected chi connectivity index (χ0v) is 21.5. The summed E-state index contributed by atoms with van der Waals surface area (Å²) in [5.74, 6) is -1.01. The van der Waals surface area contributed by atoms with Crippen LogP contribution in [-0.2, 0) is 14.8 Å². The van der Waals surface area contributed by atoms with E-state index in [2.05, 4.69) is 26.7 Å². The van der Waals surface area contributed by atoms with Gasteiger partial charge in [-0.25, -0.2) is 18.4 Å². The van der Waals surface area contributed by atoms with E-state index in [1.807, 2.05) is 35.7 Å². The number of thiazole rings is 1. The standard InChI is InChI=1S/C24H22ClN5O4S2/c1-36(33,34)30-11-9-19(14-30)23(32)27-13-22(31)29-24-28-20(15-35-24)18-6-2-5-17(12-18)16-4-3-7-21(25)26-10-8-16/h2,4-6,8-12,14-15H,3,7,13H2,1H3,(H,27,32)(H,28,29,31). The average Bonchev–Trinajstić information content (AvgIpc) is 3.50. The van der Waals surface area contributed by atoms with Crippen molar-refractivity contribution in [3.8, 4) is 11.3 Å². The van der Waals surface area contributed by atoms with Gasteiger partial charge < -0.3 is 10.6 Å². The number of hydrogen-bond acceptors (Lipinski definition) is 7. The van der Waals surface area contributed by atoms with E-state index in [1.54, 1.807) is 6.20 Å². The Labute approximate surface area is 217 Å². The number of allylic oxidation sites excluding steroid dienone is 3. The number of aromatic nitrogens is 2. The Bertz CT molecular complexity index is 1500. The molecule has 4 rings (SSSR count). The highest BCUT2D eigenvalue weighted by Gasteiger charge is 2.14. The van der Waals surface area contributed by atoms with Crippen molar-refractivity contribution in [3.05, 3.63) is 77.6 Å². The fourth-order valence-electron chi connectivity index (χ4n) is 3.36. The van der Waals surface area contributed by atoms with Crippen LogP contribution in [0.15, 0.2) is 71.4 Å². The van der Waals surface area contributed by atoms with E-state index in [0.29, 0.717) is 22.4 Å². The molecule has 9 nitrogen and oxygen atoms in total. The van der Waals surface area contributed by atoms with Crippen LogP contribution in [0.2, 0.25) is 0 Å². The molecule has 0 bridgehead atoms. The van der Waals surface area contributed by atoms with Crippen molar-refractivity contribution < 1.29 is 18.0 Å². The van der Waals surface area contributed by atoms with Crippen LogP contribution in [0.1, 0.15) is 28.8 Å². The molecule has 12 heteroatoms. The highest BCUT2D eigenvalue weighted by atomic mass is 35.5. The molecule has 1 aromatic carbocycles. The predicted octanol–water partition coefficient (Wildman–Crippen LogP) is 4.12. The van der Waals surface area contributed by atoms with Crippen molar-refractivity contribution in [2.45, 2.75) is 12.8 Å². The number of amides is 2. The third-order valence-corrected chi connectivity index (χ3v) is 7.19. The fraction of sp³-hybridized carbons (Fsp3) is 0.167. The van der Waals surface area contributed by atoms with Crippen LogP contribution in [0.5, 0.6) is 0 Å². The molecule has 0 aliphatic carbocycles. The van der Waals surface area contributed by atoms with Gasteiger partial charge in [-0.2, -0.15) is 0 Å². The summed E-state index contributed by atoms with van der Waals surface area (Å²) in [6.45, 7) is -0.291. The first-order valence-electron chi connectivity index (χ1n) is 10.8. The van der Waals surface area contributed by atoms with Crippen LogP contribution < -0.4 is 10.6 Å². The molecular formula is C24H22ClN5O4S2. The quantitative estimate of drug-likeness (QED) is 0.464. The number of carbonyl (C=O) groups is 2. The van der Waals surface area contributed by atoms with Gasteiger partial charge in [-0.3, -0.25) is 13.6 Å². The molecule has 2 aromatic heterocycles. The Morgan fingerprint density at radius 3 is 2.81 bits per heavy atom. The zero-order valence-electron chi connectivity index (χ0n) is 19.1. The molecule has 36 heavy (non-hydrogen) atoms. The van der Waals surface area contributed by atoms with Gasteiger partial charge in [0.25, 0.3) is 5.91 Å². The Morgan fingerprint density at radius 2 is 2.03 bits per heavy atom. The molecular weight excluding hydrogens is 522 g/mol. The first kappa shape index (κ1) is 25.5. The predicted molar refractivity (Wildman–Crippen MR) is 143 cm³/mol. The number of nitrogens with zero attached hydrogens (tertiary/aromatic N) is 3. The third-order valence-electron chi connectivity index (χ3n) is 5.15. The lowest BCUT2D eigenvalue weighted by Crippen LogP contribution is -2.32. The van der Waals surface area contributed by atoms with Gasteiger partial charge in [0.05, 0.1) is 24.1 Å². The molecule has 0 saturated heterocycles. The molecule has 0 fully saturated rings. The average molecular weight is 544 g/mol. The number of anilines is 1. The van der Waals surface area contributed by atoms with Crippen molar-refractivity contribution in [1.29, 1.82) is 0 Å². The van der Waals surface area contributed by atoms with E-state index >= 15 is 0 Å². The van der Waals surface area contributed by atoms with Crippen molar-refractivity contribution in [3.63, 3.8) is 0 Å². The number of rotatable bonds is 7. The molecule has 2 amide bonds. The van der Waals surface area contributed by atoms with E-state index in [1.165, 1.54) is 29.8 Å². The minimum atomic E-state index is -3.49. The highest BCUT2D eigenvalue weighted by molar-refractivity contribution is 7.89. The second-order valence-corrected chi connectivity index (χ2v) is 11.0. The molecule has 1 aliphatic rings. The van der Waals surface area contributed by atoms with Crippen molar-refractivity contribution >= 4 is 60.7 Å². The number of benzene rings is 1. The lowest BCUT2D eigenvalue weighted by Gasteiger charge is -2.07. The minimum Gasteiger partial charge on any atom is -0.343 e. The summed E-state index contributed by atoms with van der Waals surface area (Å²) in [7, 11) is -3.49.